The highest BCUT2D eigenvalue weighted by Gasteiger charge is 2.12. The Bertz CT molecular complexity index is 1070. The zero-order valence-electron chi connectivity index (χ0n) is 13.2. The van der Waals surface area contributed by atoms with Crippen molar-refractivity contribution in [1.29, 1.82) is 5.26 Å². The molecule has 0 saturated heterocycles. The van der Waals surface area contributed by atoms with Crippen LogP contribution in [0.4, 0.5) is 5.95 Å². The van der Waals surface area contributed by atoms with E-state index in [1.807, 2.05) is 24.3 Å². The third-order valence-corrected chi connectivity index (χ3v) is 4.34. The SMILES string of the molecule is N#Cc1c(-c2ccccc2)nc(NN=Cc2ccc(Cl)cc2Br)[nH]c1=O. The number of hydrogen-bond acceptors (Lipinski definition) is 5. The van der Waals surface area contributed by atoms with Crippen molar-refractivity contribution in [2.24, 2.45) is 5.10 Å². The number of hydrazone groups is 1. The van der Waals surface area contributed by atoms with Crippen LogP contribution in [0.25, 0.3) is 11.3 Å². The van der Waals surface area contributed by atoms with Gasteiger partial charge < -0.3 is 0 Å². The number of benzene rings is 2. The molecule has 0 bridgehead atoms. The topological polar surface area (TPSA) is 93.9 Å². The van der Waals surface area contributed by atoms with Crippen LogP contribution < -0.4 is 11.0 Å². The van der Waals surface area contributed by atoms with Crippen LogP contribution in [-0.2, 0) is 0 Å². The van der Waals surface area contributed by atoms with Crippen LogP contribution in [0.5, 0.6) is 0 Å². The van der Waals surface area contributed by atoms with Gasteiger partial charge in [0, 0.05) is 20.6 Å². The van der Waals surface area contributed by atoms with E-state index in [-0.39, 0.29) is 11.5 Å². The molecule has 3 aromatic rings. The van der Waals surface area contributed by atoms with E-state index in [2.05, 4.69) is 36.4 Å². The summed E-state index contributed by atoms with van der Waals surface area (Å²) in [6.45, 7) is 0. The van der Waals surface area contributed by atoms with Gasteiger partial charge in [-0.25, -0.2) is 10.4 Å². The quantitative estimate of drug-likeness (QED) is 0.482. The Morgan fingerprint density at radius 1 is 1.27 bits per heavy atom. The normalized spacial score (nSPS) is 10.7. The minimum absolute atomic E-state index is 0.0498. The number of nitriles is 1. The highest BCUT2D eigenvalue weighted by Crippen LogP contribution is 2.21. The largest absolute Gasteiger partial charge is 0.290 e. The van der Waals surface area contributed by atoms with Gasteiger partial charge in [-0.15, -0.1) is 0 Å². The lowest BCUT2D eigenvalue weighted by atomic mass is 10.1. The molecule has 0 aliphatic carbocycles. The molecule has 1 heterocycles. The van der Waals surface area contributed by atoms with Gasteiger partial charge in [-0.3, -0.25) is 9.78 Å². The summed E-state index contributed by atoms with van der Waals surface area (Å²) in [6.07, 6.45) is 1.56. The number of nitrogens with one attached hydrogen (secondary N) is 2. The van der Waals surface area contributed by atoms with Crippen LogP contribution in [0.15, 0.2) is 62.9 Å². The molecule has 0 atom stereocenters. The molecule has 1 aromatic heterocycles. The standard InChI is InChI=1S/C18H11BrClN5O/c19-15-8-13(20)7-6-12(15)10-22-25-18-23-16(11-4-2-1-3-5-11)14(9-21)17(26)24-18/h1-8,10H,(H2,23,24,25,26). The van der Waals surface area contributed by atoms with Crippen molar-refractivity contribution in [2.45, 2.75) is 0 Å². The number of anilines is 1. The van der Waals surface area contributed by atoms with Gasteiger partial charge in [0.1, 0.15) is 11.6 Å². The van der Waals surface area contributed by atoms with Crippen molar-refractivity contribution in [1.82, 2.24) is 9.97 Å². The molecule has 26 heavy (non-hydrogen) atoms. The third-order valence-electron chi connectivity index (χ3n) is 3.42. The molecule has 6 nitrogen and oxygen atoms in total. The number of nitrogens with zero attached hydrogens (tertiary/aromatic N) is 3. The van der Waals surface area contributed by atoms with Gasteiger partial charge in [-0.05, 0) is 12.1 Å². The van der Waals surface area contributed by atoms with E-state index in [1.54, 1.807) is 36.5 Å². The first-order valence-electron chi connectivity index (χ1n) is 7.42. The Balaban J connectivity index is 1.92. The Labute approximate surface area is 162 Å². The van der Waals surface area contributed by atoms with E-state index >= 15 is 0 Å². The fraction of sp³-hybridized carbons (Fsp3) is 0. The zero-order chi connectivity index (χ0) is 18.5. The van der Waals surface area contributed by atoms with Crippen molar-refractivity contribution in [3.8, 4) is 17.3 Å². The Hall–Kier alpha value is -2.95. The summed E-state index contributed by atoms with van der Waals surface area (Å²) >= 11 is 9.30. The van der Waals surface area contributed by atoms with Gasteiger partial charge in [0.25, 0.3) is 5.56 Å². The second kappa shape index (κ2) is 7.95. The number of H-pyrrole nitrogens is 1. The average molecular weight is 429 g/mol. The van der Waals surface area contributed by atoms with Gasteiger partial charge in [0.05, 0.1) is 11.9 Å². The van der Waals surface area contributed by atoms with Gasteiger partial charge in [-0.2, -0.15) is 10.4 Å². The molecule has 0 aliphatic rings. The second-order valence-electron chi connectivity index (χ2n) is 5.15. The molecule has 128 valence electrons. The number of hydrogen-bond donors (Lipinski definition) is 2. The predicted molar refractivity (Wildman–Crippen MR) is 105 cm³/mol. The van der Waals surface area contributed by atoms with Crippen molar-refractivity contribution in [3.63, 3.8) is 0 Å². The van der Waals surface area contributed by atoms with Crippen LogP contribution >= 0.6 is 27.5 Å². The molecular weight excluding hydrogens is 418 g/mol. The monoisotopic (exact) mass is 427 g/mol. The average Bonchev–Trinajstić information content (AvgIpc) is 2.64. The maximum atomic E-state index is 12.2. The molecule has 2 N–H and O–H groups in total. The van der Waals surface area contributed by atoms with Crippen molar-refractivity contribution >= 4 is 39.7 Å². The molecule has 0 fully saturated rings. The molecule has 3 rings (SSSR count). The van der Waals surface area contributed by atoms with Crippen LogP contribution in [0, 0.1) is 11.3 Å². The summed E-state index contributed by atoms with van der Waals surface area (Å²) < 4.78 is 0.779. The molecule has 0 saturated carbocycles. The minimum atomic E-state index is -0.535. The second-order valence-corrected chi connectivity index (χ2v) is 6.44. The van der Waals surface area contributed by atoms with Gasteiger partial charge in [0.2, 0.25) is 5.95 Å². The highest BCUT2D eigenvalue weighted by atomic mass is 79.9. The molecule has 0 spiro atoms. The Morgan fingerprint density at radius 2 is 2.04 bits per heavy atom. The highest BCUT2D eigenvalue weighted by molar-refractivity contribution is 9.10. The zero-order valence-corrected chi connectivity index (χ0v) is 15.5. The lowest BCUT2D eigenvalue weighted by Crippen LogP contribution is -2.16. The molecule has 0 unspecified atom stereocenters. The maximum Gasteiger partial charge on any atom is 0.270 e. The van der Waals surface area contributed by atoms with Crippen LogP contribution in [0.3, 0.4) is 0 Å². The molecule has 0 amide bonds. The summed E-state index contributed by atoms with van der Waals surface area (Å²) in [6, 6.07) is 16.2. The number of aromatic nitrogens is 2. The summed E-state index contributed by atoms with van der Waals surface area (Å²) in [5.41, 5.74) is 3.85. The van der Waals surface area contributed by atoms with Crippen LogP contribution in [0.2, 0.25) is 5.02 Å². The number of rotatable bonds is 4. The van der Waals surface area contributed by atoms with Crippen molar-refractivity contribution in [3.05, 3.63) is 79.5 Å². The summed E-state index contributed by atoms with van der Waals surface area (Å²) in [5.74, 6) is 0.134. The smallest absolute Gasteiger partial charge is 0.270 e. The van der Waals surface area contributed by atoms with E-state index < -0.39 is 5.56 Å². The van der Waals surface area contributed by atoms with E-state index in [9.17, 15) is 10.1 Å². The van der Waals surface area contributed by atoms with E-state index in [4.69, 9.17) is 11.6 Å². The fourth-order valence-electron chi connectivity index (χ4n) is 2.20. The molecule has 0 radical (unpaired) electrons. The van der Waals surface area contributed by atoms with Crippen LogP contribution in [-0.4, -0.2) is 16.2 Å². The van der Waals surface area contributed by atoms with Crippen molar-refractivity contribution < 1.29 is 0 Å². The lowest BCUT2D eigenvalue weighted by molar-refractivity contribution is 1.08. The maximum absolute atomic E-state index is 12.2. The Kier molecular flexibility index (Phi) is 5.46. The first-order chi connectivity index (χ1) is 12.6. The third kappa shape index (κ3) is 3.99. The van der Waals surface area contributed by atoms with E-state index in [1.165, 1.54) is 0 Å². The first-order valence-corrected chi connectivity index (χ1v) is 8.59. The lowest BCUT2D eigenvalue weighted by Gasteiger charge is -2.06. The van der Waals surface area contributed by atoms with Gasteiger partial charge in [0.15, 0.2) is 0 Å². The van der Waals surface area contributed by atoms with E-state index in [0.29, 0.717) is 16.3 Å². The molecular formula is C18H11BrClN5O. The number of aromatic amines is 1. The fourth-order valence-corrected chi connectivity index (χ4v) is 2.99. The predicted octanol–water partition coefficient (Wildman–Crippen LogP) is 4.17. The first kappa shape index (κ1) is 17.9. The van der Waals surface area contributed by atoms with Crippen LogP contribution in [0.1, 0.15) is 11.1 Å². The minimum Gasteiger partial charge on any atom is -0.290 e. The number of halogens is 2. The summed E-state index contributed by atoms with van der Waals surface area (Å²) in [5, 5.41) is 13.9. The van der Waals surface area contributed by atoms with E-state index in [0.717, 1.165) is 10.0 Å². The van der Waals surface area contributed by atoms with Gasteiger partial charge >= 0.3 is 0 Å². The molecule has 0 aliphatic heterocycles. The summed E-state index contributed by atoms with van der Waals surface area (Å²) in [4.78, 5) is 19.0. The molecule has 8 heteroatoms. The van der Waals surface area contributed by atoms with Gasteiger partial charge in [-0.1, -0.05) is 63.9 Å². The molecule has 2 aromatic carbocycles. The van der Waals surface area contributed by atoms with Crippen molar-refractivity contribution in [2.75, 3.05) is 5.43 Å². The Morgan fingerprint density at radius 3 is 2.73 bits per heavy atom. The summed E-state index contributed by atoms with van der Waals surface area (Å²) in [7, 11) is 0.